The van der Waals surface area contributed by atoms with Gasteiger partial charge >= 0.3 is 0 Å². The molecular weight excluding hydrogens is 268 g/mol. The number of hydrogen-bond donors (Lipinski definition) is 3. The van der Waals surface area contributed by atoms with E-state index in [4.69, 9.17) is 0 Å². The highest BCUT2D eigenvalue weighted by Crippen LogP contribution is 2.38. The number of aliphatic hydroxyl groups is 3. The second kappa shape index (κ2) is 5.01. The molecule has 0 heterocycles. The fourth-order valence-corrected chi connectivity index (χ4v) is 4.74. The highest BCUT2D eigenvalue weighted by atomic mass is 32.2. The third-order valence-corrected chi connectivity index (χ3v) is 7.02. The predicted octanol–water partition coefficient (Wildman–Crippen LogP) is 0.721. The molecular formula is C13H22O5S. The summed E-state index contributed by atoms with van der Waals surface area (Å²) in [5, 5.41) is 26.2. The monoisotopic (exact) mass is 290 g/mol. The average Bonchev–Trinajstić information content (AvgIpc) is 2.22. The van der Waals surface area contributed by atoms with Gasteiger partial charge in [-0.25, -0.2) is 8.42 Å². The van der Waals surface area contributed by atoms with Crippen LogP contribution in [0, 0.1) is 5.92 Å². The Bertz CT molecular complexity index is 498. The van der Waals surface area contributed by atoms with Crippen LogP contribution in [0.1, 0.15) is 34.1 Å². The summed E-state index contributed by atoms with van der Waals surface area (Å²) in [6.45, 7) is 6.64. The van der Waals surface area contributed by atoms with Gasteiger partial charge in [0.25, 0.3) is 5.97 Å². The molecule has 19 heavy (non-hydrogen) atoms. The van der Waals surface area contributed by atoms with Crippen LogP contribution in [0.2, 0.25) is 0 Å². The largest absolute Gasteiger partial charge is 0.343 e. The first-order valence-corrected chi connectivity index (χ1v) is 7.79. The molecule has 3 unspecified atom stereocenters. The van der Waals surface area contributed by atoms with Crippen molar-refractivity contribution < 1.29 is 23.7 Å². The molecule has 0 radical (unpaired) electrons. The third-order valence-electron chi connectivity index (χ3n) is 3.88. The summed E-state index contributed by atoms with van der Waals surface area (Å²) in [5.41, 5.74) is 0.955. The Labute approximate surface area is 114 Å². The molecule has 1 aliphatic rings. The van der Waals surface area contributed by atoms with E-state index in [1.807, 2.05) is 13.0 Å². The van der Waals surface area contributed by atoms with E-state index in [-0.39, 0.29) is 12.3 Å². The summed E-state index contributed by atoms with van der Waals surface area (Å²) in [6, 6.07) is 0. The standard InChI is InChI=1S/C13H22O5S/c1-5-11(13(14,15)16)19(17,18)12(4)7-6-9(2)8-10(12)3/h6-8,10-11,14-16H,5H2,1-4H3. The Morgan fingerprint density at radius 2 is 1.95 bits per heavy atom. The lowest BCUT2D eigenvalue weighted by Gasteiger charge is -2.38. The predicted molar refractivity (Wildman–Crippen MR) is 72.9 cm³/mol. The maximum atomic E-state index is 12.6. The quantitative estimate of drug-likeness (QED) is 0.663. The van der Waals surface area contributed by atoms with Crippen molar-refractivity contribution in [2.75, 3.05) is 0 Å². The van der Waals surface area contributed by atoms with Crippen molar-refractivity contribution in [3.8, 4) is 0 Å². The zero-order valence-electron chi connectivity index (χ0n) is 11.7. The van der Waals surface area contributed by atoms with Crippen LogP contribution in [-0.4, -0.2) is 39.7 Å². The van der Waals surface area contributed by atoms with Crippen molar-refractivity contribution in [1.29, 1.82) is 0 Å². The van der Waals surface area contributed by atoms with E-state index in [0.29, 0.717) is 0 Å². The Balaban J connectivity index is 3.31. The van der Waals surface area contributed by atoms with Gasteiger partial charge in [0.1, 0.15) is 5.25 Å². The van der Waals surface area contributed by atoms with Crippen LogP contribution in [0.3, 0.4) is 0 Å². The summed E-state index contributed by atoms with van der Waals surface area (Å²) in [6.07, 6.45) is 4.97. The molecule has 0 aromatic heterocycles. The minimum Gasteiger partial charge on any atom is -0.343 e. The fraction of sp³-hybridized carbons (Fsp3) is 0.692. The van der Waals surface area contributed by atoms with E-state index in [2.05, 4.69) is 0 Å². The summed E-state index contributed by atoms with van der Waals surface area (Å²) >= 11 is 0. The molecule has 1 rings (SSSR count). The summed E-state index contributed by atoms with van der Waals surface area (Å²) in [4.78, 5) is 0. The Morgan fingerprint density at radius 1 is 1.42 bits per heavy atom. The van der Waals surface area contributed by atoms with Gasteiger partial charge in [0.2, 0.25) is 0 Å². The van der Waals surface area contributed by atoms with Crippen molar-refractivity contribution in [3.05, 3.63) is 23.8 Å². The SMILES string of the molecule is CCC(C(O)(O)O)S(=O)(=O)C1(C)C=CC(C)=CC1C. The number of sulfone groups is 1. The second-order valence-corrected chi connectivity index (χ2v) is 7.88. The van der Waals surface area contributed by atoms with E-state index in [0.717, 1.165) is 5.57 Å². The van der Waals surface area contributed by atoms with Gasteiger partial charge in [-0.1, -0.05) is 37.6 Å². The van der Waals surface area contributed by atoms with Crippen LogP contribution >= 0.6 is 0 Å². The van der Waals surface area contributed by atoms with Gasteiger partial charge in [-0.15, -0.1) is 0 Å². The molecule has 0 bridgehead atoms. The van der Waals surface area contributed by atoms with Crippen LogP contribution in [0.5, 0.6) is 0 Å². The maximum absolute atomic E-state index is 12.6. The second-order valence-electron chi connectivity index (χ2n) is 5.35. The molecule has 5 nitrogen and oxygen atoms in total. The van der Waals surface area contributed by atoms with Crippen molar-refractivity contribution in [1.82, 2.24) is 0 Å². The molecule has 6 heteroatoms. The van der Waals surface area contributed by atoms with Crippen molar-refractivity contribution in [3.63, 3.8) is 0 Å². The lowest BCUT2D eigenvalue weighted by atomic mass is 9.88. The van der Waals surface area contributed by atoms with Crippen LogP contribution in [0.25, 0.3) is 0 Å². The highest BCUT2D eigenvalue weighted by Gasteiger charge is 2.52. The van der Waals surface area contributed by atoms with E-state index in [9.17, 15) is 23.7 Å². The molecule has 0 amide bonds. The first kappa shape index (κ1) is 16.4. The van der Waals surface area contributed by atoms with Crippen LogP contribution in [0.15, 0.2) is 23.8 Å². The molecule has 3 N–H and O–H groups in total. The first-order chi connectivity index (χ1) is 8.46. The number of hydrogen-bond acceptors (Lipinski definition) is 5. The van der Waals surface area contributed by atoms with E-state index >= 15 is 0 Å². The van der Waals surface area contributed by atoms with E-state index in [1.54, 1.807) is 19.1 Å². The van der Waals surface area contributed by atoms with Crippen molar-refractivity contribution in [2.24, 2.45) is 5.92 Å². The Morgan fingerprint density at radius 3 is 2.32 bits per heavy atom. The van der Waals surface area contributed by atoms with Gasteiger partial charge in [-0.3, -0.25) is 0 Å². The maximum Gasteiger partial charge on any atom is 0.293 e. The summed E-state index contributed by atoms with van der Waals surface area (Å²) < 4.78 is 24.0. The van der Waals surface area contributed by atoms with Gasteiger partial charge in [0.15, 0.2) is 9.84 Å². The van der Waals surface area contributed by atoms with E-state index in [1.165, 1.54) is 13.8 Å². The van der Waals surface area contributed by atoms with E-state index < -0.39 is 25.8 Å². The number of allylic oxidation sites excluding steroid dienone is 3. The molecule has 0 aliphatic heterocycles. The lowest BCUT2D eigenvalue weighted by molar-refractivity contribution is -0.311. The molecule has 110 valence electrons. The van der Waals surface area contributed by atoms with Crippen molar-refractivity contribution >= 4 is 9.84 Å². The molecule has 1 aliphatic carbocycles. The molecule has 0 saturated carbocycles. The lowest BCUT2D eigenvalue weighted by Crippen LogP contribution is -2.55. The van der Waals surface area contributed by atoms with Gasteiger partial charge in [-0.2, -0.15) is 0 Å². The minimum absolute atomic E-state index is 0.0926. The Kier molecular flexibility index (Phi) is 4.32. The zero-order valence-corrected chi connectivity index (χ0v) is 12.5. The minimum atomic E-state index is -3.99. The molecule has 0 aromatic carbocycles. The molecule has 0 aromatic rings. The van der Waals surface area contributed by atoms with Gasteiger partial charge in [0.05, 0.1) is 4.75 Å². The van der Waals surface area contributed by atoms with Crippen LogP contribution in [0.4, 0.5) is 0 Å². The fourth-order valence-electron chi connectivity index (χ4n) is 2.43. The third kappa shape index (κ3) is 2.76. The highest BCUT2D eigenvalue weighted by molar-refractivity contribution is 7.93. The molecule has 0 spiro atoms. The molecule has 3 atom stereocenters. The van der Waals surface area contributed by atoms with Crippen LogP contribution in [-0.2, 0) is 9.84 Å². The van der Waals surface area contributed by atoms with Crippen LogP contribution < -0.4 is 0 Å². The zero-order chi connectivity index (χ0) is 15.1. The average molecular weight is 290 g/mol. The smallest absolute Gasteiger partial charge is 0.293 e. The Hall–Kier alpha value is -0.690. The first-order valence-electron chi connectivity index (χ1n) is 6.25. The number of rotatable bonds is 4. The van der Waals surface area contributed by atoms with Gasteiger partial charge in [0, 0.05) is 0 Å². The van der Waals surface area contributed by atoms with Gasteiger partial charge in [-0.05, 0) is 26.2 Å². The summed E-state index contributed by atoms with van der Waals surface area (Å²) in [5.74, 6) is -3.56. The molecule has 0 saturated heterocycles. The van der Waals surface area contributed by atoms with Crippen molar-refractivity contribution in [2.45, 2.75) is 50.1 Å². The van der Waals surface area contributed by atoms with Gasteiger partial charge < -0.3 is 15.3 Å². The topological polar surface area (TPSA) is 94.8 Å². The summed E-state index contributed by atoms with van der Waals surface area (Å²) in [7, 11) is -3.99. The normalized spacial score (nSPS) is 30.1. The molecule has 0 fully saturated rings.